The number of carbonyl (C=O) groups is 1. The molecule has 0 atom stereocenters. The maximum absolute atomic E-state index is 11.4. The zero-order chi connectivity index (χ0) is 13.7. The lowest BCUT2D eigenvalue weighted by molar-refractivity contribution is 0.0514. The van der Waals surface area contributed by atoms with Crippen molar-refractivity contribution >= 4 is 29.7 Å². The summed E-state index contributed by atoms with van der Waals surface area (Å²) in [4.78, 5) is 11.4. The minimum absolute atomic E-state index is 0.164. The number of carbonyl (C=O) groups excluding carboxylic acids is 1. The molecule has 1 aromatic carbocycles. The summed E-state index contributed by atoms with van der Waals surface area (Å²) in [5.41, 5.74) is 1.14. The number of rotatable bonds is 4. The number of hydrogen-bond acceptors (Lipinski definition) is 4. The van der Waals surface area contributed by atoms with E-state index >= 15 is 0 Å². The van der Waals surface area contributed by atoms with Gasteiger partial charge in [-0.15, -0.1) is 0 Å². The van der Waals surface area contributed by atoms with Gasteiger partial charge in [-0.3, -0.25) is 0 Å². The first kappa shape index (κ1) is 13.4. The predicted molar refractivity (Wildman–Crippen MR) is 72.8 cm³/mol. The summed E-state index contributed by atoms with van der Waals surface area (Å²) in [5.74, 6) is -0.00426. The summed E-state index contributed by atoms with van der Waals surface area (Å²) in [7, 11) is 0. The fraction of sp³-hybridized carbons (Fsp3) is 0.143. The van der Waals surface area contributed by atoms with Crippen molar-refractivity contribution in [3.63, 3.8) is 0 Å². The Labute approximate surface area is 115 Å². The highest BCUT2D eigenvalue weighted by Gasteiger charge is 2.11. The van der Waals surface area contributed by atoms with Gasteiger partial charge in [0.25, 0.3) is 0 Å². The van der Waals surface area contributed by atoms with Gasteiger partial charge in [-0.25, -0.2) is 4.79 Å². The second-order valence-electron chi connectivity index (χ2n) is 3.72. The zero-order valence-electron chi connectivity index (χ0n) is 10.3. The Morgan fingerprint density at radius 3 is 2.79 bits per heavy atom. The fourth-order valence-corrected chi connectivity index (χ4v) is 1.55. The molecule has 0 saturated heterocycles. The van der Waals surface area contributed by atoms with Gasteiger partial charge in [0.1, 0.15) is 0 Å². The van der Waals surface area contributed by atoms with Crippen LogP contribution in [0.4, 0.5) is 0 Å². The first-order valence-electron chi connectivity index (χ1n) is 5.76. The quantitative estimate of drug-likeness (QED) is 0.800. The van der Waals surface area contributed by atoms with Gasteiger partial charge < -0.3 is 9.26 Å². The first-order chi connectivity index (χ1) is 9.19. The van der Waals surface area contributed by atoms with Crippen LogP contribution in [0.25, 0.3) is 12.2 Å². The highest BCUT2D eigenvalue weighted by molar-refractivity contribution is 6.30. The van der Waals surface area contributed by atoms with E-state index in [1.807, 2.05) is 18.2 Å². The van der Waals surface area contributed by atoms with E-state index in [1.54, 1.807) is 25.1 Å². The number of esters is 1. The number of hydrogen-bond donors (Lipinski definition) is 0. The third kappa shape index (κ3) is 3.69. The third-order valence-electron chi connectivity index (χ3n) is 2.32. The van der Waals surface area contributed by atoms with Gasteiger partial charge in [0.05, 0.1) is 6.61 Å². The largest absolute Gasteiger partial charge is 0.461 e. The molecule has 0 unspecified atom stereocenters. The Balaban J connectivity index is 2.07. The van der Waals surface area contributed by atoms with E-state index in [0.29, 0.717) is 17.4 Å². The molecule has 0 fully saturated rings. The Hall–Kier alpha value is -2.07. The molecule has 98 valence electrons. The van der Waals surface area contributed by atoms with Crippen molar-refractivity contribution in [3.8, 4) is 0 Å². The van der Waals surface area contributed by atoms with Crippen molar-refractivity contribution in [1.82, 2.24) is 5.16 Å². The van der Waals surface area contributed by atoms with Gasteiger partial charge in [-0.1, -0.05) is 35.0 Å². The van der Waals surface area contributed by atoms with Crippen molar-refractivity contribution in [3.05, 3.63) is 52.4 Å². The van der Waals surface area contributed by atoms with Crippen LogP contribution in [-0.4, -0.2) is 17.7 Å². The topological polar surface area (TPSA) is 52.3 Å². The van der Waals surface area contributed by atoms with Crippen LogP contribution in [0.5, 0.6) is 0 Å². The molecule has 0 aliphatic carbocycles. The Morgan fingerprint density at radius 1 is 1.37 bits per heavy atom. The molecule has 1 aromatic heterocycles. The molecule has 5 heteroatoms. The van der Waals surface area contributed by atoms with Crippen LogP contribution in [0.2, 0.25) is 5.02 Å². The van der Waals surface area contributed by atoms with Gasteiger partial charge in [0.2, 0.25) is 0 Å². The van der Waals surface area contributed by atoms with Crippen molar-refractivity contribution in [2.24, 2.45) is 0 Å². The van der Waals surface area contributed by atoms with E-state index in [1.165, 1.54) is 6.07 Å². The Morgan fingerprint density at radius 2 is 2.11 bits per heavy atom. The minimum Gasteiger partial charge on any atom is -0.461 e. The molecule has 4 nitrogen and oxygen atoms in total. The maximum Gasteiger partial charge on any atom is 0.360 e. The number of nitrogens with zero attached hydrogens (tertiary/aromatic N) is 1. The van der Waals surface area contributed by atoms with Gasteiger partial charge in [0, 0.05) is 11.1 Å². The molecule has 0 spiro atoms. The summed E-state index contributed by atoms with van der Waals surface area (Å²) in [5, 5.41) is 4.32. The average molecular weight is 278 g/mol. The van der Waals surface area contributed by atoms with E-state index in [-0.39, 0.29) is 5.69 Å². The molecule has 0 aliphatic heterocycles. The third-order valence-corrected chi connectivity index (χ3v) is 2.57. The fourth-order valence-electron chi connectivity index (χ4n) is 1.42. The van der Waals surface area contributed by atoms with Crippen LogP contribution in [0.1, 0.15) is 28.7 Å². The Kier molecular flexibility index (Phi) is 4.36. The molecule has 2 aromatic rings. The molecule has 0 radical (unpaired) electrons. The van der Waals surface area contributed by atoms with Crippen molar-refractivity contribution < 1.29 is 14.1 Å². The van der Waals surface area contributed by atoms with Crippen molar-refractivity contribution in [2.75, 3.05) is 6.61 Å². The van der Waals surface area contributed by atoms with Crippen LogP contribution in [0.15, 0.2) is 34.9 Å². The Bertz CT molecular complexity index is 587. The summed E-state index contributed by atoms with van der Waals surface area (Å²) >= 11 is 5.79. The van der Waals surface area contributed by atoms with Crippen LogP contribution >= 0.6 is 11.6 Å². The molecule has 0 N–H and O–H groups in total. The molecule has 0 aliphatic rings. The molecule has 1 heterocycles. The van der Waals surface area contributed by atoms with E-state index in [0.717, 1.165) is 5.56 Å². The van der Waals surface area contributed by atoms with Crippen molar-refractivity contribution in [2.45, 2.75) is 6.92 Å². The normalized spacial score (nSPS) is 10.8. The van der Waals surface area contributed by atoms with E-state index in [2.05, 4.69) is 5.16 Å². The SMILES string of the molecule is CCOC(=O)c1cc(/C=C/c2ccc(Cl)cc2)on1. The van der Waals surface area contributed by atoms with Crippen molar-refractivity contribution in [1.29, 1.82) is 0 Å². The van der Waals surface area contributed by atoms with E-state index < -0.39 is 5.97 Å². The summed E-state index contributed by atoms with van der Waals surface area (Å²) in [6.07, 6.45) is 3.56. The highest BCUT2D eigenvalue weighted by atomic mass is 35.5. The first-order valence-corrected chi connectivity index (χ1v) is 6.14. The predicted octanol–water partition coefficient (Wildman–Crippen LogP) is 3.68. The second kappa shape index (κ2) is 6.20. The number of aromatic nitrogens is 1. The van der Waals surface area contributed by atoms with E-state index in [9.17, 15) is 4.79 Å². The number of halogens is 1. The van der Waals surface area contributed by atoms with Gasteiger partial charge in [-0.05, 0) is 30.7 Å². The lowest BCUT2D eigenvalue weighted by atomic mass is 10.2. The monoisotopic (exact) mass is 277 g/mol. The molecular formula is C14H12ClNO3. The lowest BCUT2D eigenvalue weighted by Gasteiger charge is -1.94. The molecule has 19 heavy (non-hydrogen) atoms. The molecule has 0 amide bonds. The summed E-state index contributed by atoms with van der Waals surface area (Å²) in [6.45, 7) is 2.04. The van der Waals surface area contributed by atoms with Crippen LogP contribution in [-0.2, 0) is 4.74 Å². The highest BCUT2D eigenvalue weighted by Crippen LogP contribution is 2.13. The van der Waals surface area contributed by atoms with Gasteiger partial charge >= 0.3 is 5.97 Å². The zero-order valence-corrected chi connectivity index (χ0v) is 11.1. The minimum atomic E-state index is -0.489. The molecule has 0 bridgehead atoms. The second-order valence-corrected chi connectivity index (χ2v) is 4.16. The smallest absolute Gasteiger partial charge is 0.360 e. The van der Waals surface area contributed by atoms with Gasteiger partial charge in [0.15, 0.2) is 11.5 Å². The molecule has 0 saturated carbocycles. The number of benzene rings is 1. The standard InChI is InChI=1S/C14H12ClNO3/c1-2-18-14(17)13-9-12(19-16-13)8-5-10-3-6-11(15)7-4-10/h3-9H,2H2,1H3/b8-5+. The maximum atomic E-state index is 11.4. The molecular weight excluding hydrogens is 266 g/mol. The summed E-state index contributed by atoms with van der Waals surface area (Å²) in [6, 6.07) is 8.88. The van der Waals surface area contributed by atoms with Crippen LogP contribution in [0, 0.1) is 0 Å². The van der Waals surface area contributed by atoms with Crippen LogP contribution < -0.4 is 0 Å². The van der Waals surface area contributed by atoms with Gasteiger partial charge in [-0.2, -0.15) is 0 Å². The summed E-state index contributed by atoms with van der Waals surface area (Å²) < 4.78 is 9.83. The van der Waals surface area contributed by atoms with E-state index in [4.69, 9.17) is 20.9 Å². The molecule has 2 rings (SSSR count). The average Bonchev–Trinajstić information content (AvgIpc) is 2.87. The van der Waals surface area contributed by atoms with Crippen LogP contribution in [0.3, 0.4) is 0 Å². The lowest BCUT2D eigenvalue weighted by Crippen LogP contribution is -2.04. The number of ether oxygens (including phenoxy) is 1.